The quantitative estimate of drug-likeness (QED) is 0.672. The molecule has 0 radical (unpaired) electrons. The highest BCUT2D eigenvalue weighted by Gasteiger charge is 2.18. The third kappa shape index (κ3) is 2.77. The van der Waals surface area contributed by atoms with E-state index in [9.17, 15) is 0 Å². The highest BCUT2D eigenvalue weighted by atomic mass is 35.5. The number of nitrogens with two attached hydrogens (primary N) is 1. The molecule has 3 N–H and O–H groups in total. The molecule has 0 aliphatic carbocycles. The molecule has 0 bridgehead atoms. The van der Waals surface area contributed by atoms with Gasteiger partial charge in [-0.1, -0.05) is 17.7 Å². The zero-order chi connectivity index (χ0) is 14.7. The molecule has 0 aliphatic heterocycles. The first kappa shape index (κ1) is 14.8. The SMILES string of the molecule is COc1cc(C)c(C(NN)c2ccncc2Cl)cc1C. The zero-order valence-electron chi connectivity index (χ0n) is 11.8. The lowest BCUT2D eigenvalue weighted by Gasteiger charge is -2.21. The van der Waals surface area contributed by atoms with Crippen LogP contribution in [0.15, 0.2) is 30.6 Å². The van der Waals surface area contributed by atoms with Gasteiger partial charge in [0.1, 0.15) is 5.75 Å². The van der Waals surface area contributed by atoms with Crippen LogP contribution < -0.4 is 16.0 Å². The highest BCUT2D eigenvalue weighted by molar-refractivity contribution is 6.31. The summed E-state index contributed by atoms with van der Waals surface area (Å²) in [5.41, 5.74) is 6.94. The number of ether oxygens (including phenoxy) is 1. The van der Waals surface area contributed by atoms with Crippen LogP contribution in [0.25, 0.3) is 0 Å². The molecule has 1 unspecified atom stereocenters. The Bertz CT molecular complexity index is 616. The van der Waals surface area contributed by atoms with Gasteiger partial charge < -0.3 is 4.74 Å². The molecule has 0 spiro atoms. The van der Waals surface area contributed by atoms with Crippen LogP contribution in [0.3, 0.4) is 0 Å². The number of aromatic nitrogens is 1. The maximum atomic E-state index is 6.22. The van der Waals surface area contributed by atoms with Gasteiger partial charge in [-0.2, -0.15) is 0 Å². The van der Waals surface area contributed by atoms with E-state index in [4.69, 9.17) is 22.2 Å². The fraction of sp³-hybridized carbons (Fsp3) is 0.267. The smallest absolute Gasteiger partial charge is 0.122 e. The van der Waals surface area contributed by atoms with E-state index in [0.29, 0.717) is 5.02 Å². The number of aryl methyl sites for hydroxylation is 2. The Kier molecular flexibility index (Phi) is 4.60. The van der Waals surface area contributed by atoms with Crippen molar-refractivity contribution >= 4 is 11.6 Å². The number of pyridine rings is 1. The lowest BCUT2D eigenvalue weighted by molar-refractivity contribution is 0.411. The molecule has 0 saturated carbocycles. The van der Waals surface area contributed by atoms with E-state index in [1.807, 2.05) is 26.0 Å². The number of nitrogens with zero attached hydrogens (tertiary/aromatic N) is 1. The second-order valence-electron chi connectivity index (χ2n) is 4.68. The molecule has 5 heteroatoms. The van der Waals surface area contributed by atoms with Gasteiger partial charge in [-0.15, -0.1) is 0 Å². The van der Waals surface area contributed by atoms with Crippen LogP contribution in [-0.4, -0.2) is 12.1 Å². The van der Waals surface area contributed by atoms with E-state index in [1.54, 1.807) is 19.5 Å². The highest BCUT2D eigenvalue weighted by Crippen LogP contribution is 2.32. The molecular weight excluding hydrogens is 274 g/mol. The average molecular weight is 292 g/mol. The van der Waals surface area contributed by atoms with Crippen molar-refractivity contribution in [2.45, 2.75) is 19.9 Å². The van der Waals surface area contributed by atoms with Crippen LogP contribution in [0.5, 0.6) is 5.75 Å². The number of nitrogens with one attached hydrogen (secondary N) is 1. The van der Waals surface area contributed by atoms with Crippen LogP contribution in [0, 0.1) is 13.8 Å². The molecule has 1 atom stereocenters. The van der Waals surface area contributed by atoms with E-state index in [1.165, 1.54) is 0 Å². The summed E-state index contributed by atoms with van der Waals surface area (Å²) >= 11 is 6.22. The topological polar surface area (TPSA) is 60.2 Å². The summed E-state index contributed by atoms with van der Waals surface area (Å²) in [6, 6.07) is 5.75. The zero-order valence-corrected chi connectivity index (χ0v) is 12.5. The second-order valence-corrected chi connectivity index (χ2v) is 5.08. The maximum absolute atomic E-state index is 6.22. The Morgan fingerprint density at radius 1 is 1.25 bits per heavy atom. The summed E-state index contributed by atoms with van der Waals surface area (Å²) < 4.78 is 5.34. The van der Waals surface area contributed by atoms with Crippen molar-refractivity contribution < 1.29 is 4.74 Å². The lowest BCUT2D eigenvalue weighted by atomic mass is 9.94. The fourth-order valence-electron chi connectivity index (χ4n) is 2.31. The molecule has 0 saturated heterocycles. The van der Waals surface area contributed by atoms with Crippen molar-refractivity contribution in [3.05, 3.63) is 57.9 Å². The van der Waals surface area contributed by atoms with Crippen molar-refractivity contribution in [1.82, 2.24) is 10.4 Å². The molecule has 106 valence electrons. The van der Waals surface area contributed by atoms with Crippen molar-refractivity contribution in [3.8, 4) is 5.75 Å². The standard InChI is InChI=1S/C15H18ClN3O/c1-9-7-14(20-3)10(2)6-12(9)15(19-17)11-4-5-18-8-13(11)16/h4-8,15,19H,17H2,1-3H3. The Morgan fingerprint density at radius 3 is 2.60 bits per heavy atom. The van der Waals surface area contributed by atoms with Gasteiger partial charge in [0.2, 0.25) is 0 Å². The first-order valence-corrected chi connectivity index (χ1v) is 6.67. The molecule has 2 rings (SSSR count). The third-order valence-electron chi connectivity index (χ3n) is 3.38. The molecule has 0 amide bonds. The molecule has 4 nitrogen and oxygen atoms in total. The summed E-state index contributed by atoms with van der Waals surface area (Å²) in [5, 5.41) is 0.586. The second kappa shape index (κ2) is 6.22. The monoisotopic (exact) mass is 291 g/mol. The van der Waals surface area contributed by atoms with Crippen molar-refractivity contribution in [2.75, 3.05) is 7.11 Å². The van der Waals surface area contributed by atoms with E-state index in [2.05, 4.69) is 16.5 Å². The molecule has 20 heavy (non-hydrogen) atoms. The van der Waals surface area contributed by atoms with Crippen LogP contribution in [0.4, 0.5) is 0 Å². The van der Waals surface area contributed by atoms with Crippen LogP contribution in [-0.2, 0) is 0 Å². The van der Waals surface area contributed by atoms with E-state index in [-0.39, 0.29) is 6.04 Å². The van der Waals surface area contributed by atoms with Crippen molar-refractivity contribution in [2.24, 2.45) is 5.84 Å². The Balaban J connectivity index is 2.53. The summed E-state index contributed by atoms with van der Waals surface area (Å²) in [6.45, 7) is 4.03. The molecular formula is C15H18ClN3O. The summed E-state index contributed by atoms with van der Waals surface area (Å²) in [4.78, 5) is 4.00. The average Bonchev–Trinajstić information content (AvgIpc) is 2.45. The van der Waals surface area contributed by atoms with Crippen LogP contribution >= 0.6 is 11.6 Å². The van der Waals surface area contributed by atoms with Gasteiger partial charge in [-0.25, -0.2) is 5.43 Å². The summed E-state index contributed by atoms with van der Waals surface area (Å²) in [7, 11) is 1.67. The van der Waals surface area contributed by atoms with E-state index >= 15 is 0 Å². The molecule has 1 heterocycles. The van der Waals surface area contributed by atoms with Gasteiger partial charge >= 0.3 is 0 Å². The summed E-state index contributed by atoms with van der Waals surface area (Å²) in [6.07, 6.45) is 3.32. The minimum absolute atomic E-state index is 0.185. The molecule has 1 aromatic carbocycles. The lowest BCUT2D eigenvalue weighted by Crippen LogP contribution is -2.29. The number of hydrogen-bond donors (Lipinski definition) is 2. The van der Waals surface area contributed by atoms with E-state index in [0.717, 1.165) is 28.0 Å². The third-order valence-corrected chi connectivity index (χ3v) is 3.69. The number of rotatable bonds is 4. The Morgan fingerprint density at radius 2 is 2.00 bits per heavy atom. The van der Waals surface area contributed by atoms with Gasteiger partial charge in [0.05, 0.1) is 18.2 Å². The molecule has 1 aromatic heterocycles. The normalized spacial score (nSPS) is 12.2. The Hall–Kier alpha value is -1.62. The van der Waals surface area contributed by atoms with Crippen molar-refractivity contribution in [3.63, 3.8) is 0 Å². The minimum Gasteiger partial charge on any atom is -0.496 e. The van der Waals surface area contributed by atoms with Crippen LogP contribution in [0.2, 0.25) is 5.02 Å². The summed E-state index contributed by atoms with van der Waals surface area (Å²) in [5.74, 6) is 6.60. The molecule has 0 aliphatic rings. The van der Waals surface area contributed by atoms with Gasteiger partial charge in [-0.3, -0.25) is 10.8 Å². The van der Waals surface area contributed by atoms with Gasteiger partial charge in [0, 0.05) is 12.4 Å². The first-order chi connectivity index (χ1) is 9.58. The minimum atomic E-state index is -0.185. The first-order valence-electron chi connectivity index (χ1n) is 6.29. The molecule has 0 fully saturated rings. The number of methoxy groups -OCH3 is 1. The predicted molar refractivity (Wildman–Crippen MR) is 80.9 cm³/mol. The van der Waals surface area contributed by atoms with E-state index < -0.39 is 0 Å². The predicted octanol–water partition coefficient (Wildman–Crippen LogP) is 2.91. The Labute approximate surface area is 123 Å². The van der Waals surface area contributed by atoms with Gasteiger partial charge in [0.15, 0.2) is 0 Å². The largest absolute Gasteiger partial charge is 0.496 e. The molecule has 2 aromatic rings. The van der Waals surface area contributed by atoms with Crippen LogP contribution in [0.1, 0.15) is 28.3 Å². The van der Waals surface area contributed by atoms with Gasteiger partial charge in [-0.05, 0) is 48.2 Å². The fourth-order valence-corrected chi connectivity index (χ4v) is 2.54. The number of hydrazine groups is 1. The number of hydrogen-bond acceptors (Lipinski definition) is 4. The van der Waals surface area contributed by atoms with Crippen molar-refractivity contribution in [1.29, 1.82) is 0 Å². The maximum Gasteiger partial charge on any atom is 0.122 e. The number of halogens is 1. The van der Waals surface area contributed by atoms with Gasteiger partial charge in [0.25, 0.3) is 0 Å². The number of benzene rings is 1.